The number of benzene rings is 2. The number of nitrogens with one attached hydrogen (secondary N) is 1. The summed E-state index contributed by atoms with van der Waals surface area (Å²) >= 11 is 0. The van der Waals surface area contributed by atoms with Gasteiger partial charge in [-0.2, -0.15) is 0 Å². The van der Waals surface area contributed by atoms with Crippen molar-refractivity contribution < 1.29 is 24.2 Å². The topological polar surface area (TPSA) is 91.3 Å². The fourth-order valence-corrected chi connectivity index (χ4v) is 6.81. The minimum Gasteiger partial charge on any atom is -0.494 e. The van der Waals surface area contributed by atoms with Gasteiger partial charge < -0.3 is 24.8 Å². The summed E-state index contributed by atoms with van der Waals surface area (Å²) in [5.41, 5.74) is 3.99. The first-order chi connectivity index (χ1) is 20.4. The van der Waals surface area contributed by atoms with Gasteiger partial charge >= 0.3 is 5.97 Å². The Balaban J connectivity index is 0.975. The molecule has 1 amide bonds. The van der Waals surface area contributed by atoms with E-state index in [-0.39, 0.29) is 17.2 Å². The van der Waals surface area contributed by atoms with Gasteiger partial charge in [-0.1, -0.05) is 18.2 Å². The number of nitrogens with zero attached hydrogens (tertiary/aromatic N) is 2. The molecule has 0 radical (unpaired) electrons. The van der Waals surface area contributed by atoms with Crippen LogP contribution < -0.4 is 14.8 Å². The first kappa shape index (κ1) is 30.4. The zero-order valence-electron chi connectivity index (χ0n) is 25.1. The molecule has 0 aromatic heterocycles. The van der Waals surface area contributed by atoms with Gasteiger partial charge in [0, 0.05) is 45.7 Å². The van der Waals surface area contributed by atoms with Crippen molar-refractivity contribution >= 4 is 11.9 Å². The van der Waals surface area contributed by atoms with Gasteiger partial charge in [0.2, 0.25) is 5.91 Å². The van der Waals surface area contributed by atoms with E-state index in [1.807, 2.05) is 18.2 Å². The van der Waals surface area contributed by atoms with Crippen LogP contribution in [0.3, 0.4) is 0 Å². The van der Waals surface area contributed by atoms with Crippen LogP contribution in [0.1, 0.15) is 61.6 Å². The van der Waals surface area contributed by atoms with Crippen molar-refractivity contribution in [1.29, 1.82) is 0 Å². The number of amides is 1. The molecule has 0 bridgehead atoms. The van der Waals surface area contributed by atoms with E-state index in [9.17, 15) is 14.7 Å². The zero-order chi connectivity index (χ0) is 29.4. The number of carbonyl (C=O) groups excluding carboxylic acids is 1. The predicted molar refractivity (Wildman–Crippen MR) is 163 cm³/mol. The smallest absolute Gasteiger partial charge is 0.306 e. The molecule has 2 fully saturated rings. The number of ether oxygens (including phenoxy) is 2. The number of aryl methyl sites for hydroxylation is 1. The molecule has 1 aliphatic heterocycles. The van der Waals surface area contributed by atoms with Gasteiger partial charge in [-0.15, -0.1) is 0 Å². The number of hydrogen-bond donors (Lipinski definition) is 2. The Hall–Kier alpha value is -3.10. The van der Waals surface area contributed by atoms with E-state index in [0.29, 0.717) is 32.6 Å². The molecule has 0 unspecified atom stereocenters. The molecule has 3 aliphatic rings. The highest BCUT2D eigenvalue weighted by Crippen LogP contribution is 2.50. The number of carboxylic acid groups (broad SMARTS) is 1. The zero-order valence-corrected chi connectivity index (χ0v) is 25.1. The molecule has 2 aromatic rings. The van der Waals surface area contributed by atoms with E-state index in [1.165, 1.54) is 11.1 Å². The number of rotatable bonds is 13. The quantitative estimate of drug-likeness (QED) is 0.343. The molecule has 5 rings (SSSR count). The Morgan fingerprint density at radius 3 is 2.52 bits per heavy atom. The van der Waals surface area contributed by atoms with Gasteiger partial charge in [0.1, 0.15) is 18.1 Å². The maximum atomic E-state index is 12.4. The summed E-state index contributed by atoms with van der Waals surface area (Å²) in [6, 6.07) is 14.5. The SMILES string of the molecule is CN1CCN(CCOc2cccc(CCNC(=O)CCCOc3ccc4c(c3)C3(CC4)CCC(C(=O)O)CC3)c2)CC1. The second-order valence-electron chi connectivity index (χ2n) is 12.4. The maximum absolute atomic E-state index is 12.4. The van der Waals surface area contributed by atoms with Crippen molar-refractivity contribution in [3.8, 4) is 11.5 Å². The number of aliphatic carboxylic acids is 1. The minimum absolute atomic E-state index is 0.0428. The summed E-state index contributed by atoms with van der Waals surface area (Å²) in [7, 11) is 2.17. The predicted octanol–water partition coefficient (Wildman–Crippen LogP) is 4.29. The average molecular weight is 578 g/mol. The average Bonchev–Trinajstić information content (AvgIpc) is 3.33. The first-order valence-corrected chi connectivity index (χ1v) is 15.8. The number of likely N-dealkylation sites (N-methyl/N-ethyl adjacent to an activating group) is 1. The van der Waals surface area contributed by atoms with Gasteiger partial charge in [0.15, 0.2) is 0 Å². The normalized spacial score (nSPS) is 22.5. The molecule has 1 saturated carbocycles. The van der Waals surface area contributed by atoms with Crippen LogP contribution >= 0.6 is 0 Å². The Bertz CT molecular complexity index is 1200. The van der Waals surface area contributed by atoms with Crippen molar-refractivity contribution in [1.82, 2.24) is 15.1 Å². The number of piperazine rings is 1. The van der Waals surface area contributed by atoms with Crippen LogP contribution in [0.15, 0.2) is 42.5 Å². The third-order valence-corrected chi connectivity index (χ3v) is 9.54. The summed E-state index contributed by atoms with van der Waals surface area (Å²) in [5.74, 6) is 0.917. The lowest BCUT2D eigenvalue weighted by atomic mass is 9.67. The molecular weight excluding hydrogens is 530 g/mol. The molecule has 2 aromatic carbocycles. The fourth-order valence-electron chi connectivity index (χ4n) is 6.81. The van der Waals surface area contributed by atoms with Crippen LogP contribution in [0.5, 0.6) is 11.5 Å². The molecule has 42 heavy (non-hydrogen) atoms. The van der Waals surface area contributed by atoms with E-state index >= 15 is 0 Å². The molecule has 2 N–H and O–H groups in total. The van der Waals surface area contributed by atoms with Crippen LogP contribution in [-0.4, -0.2) is 86.3 Å². The highest BCUT2D eigenvalue weighted by molar-refractivity contribution is 5.75. The number of carbonyl (C=O) groups is 2. The van der Waals surface area contributed by atoms with Crippen LogP contribution in [-0.2, 0) is 27.8 Å². The number of hydrogen-bond acceptors (Lipinski definition) is 6. The summed E-state index contributed by atoms with van der Waals surface area (Å²) in [6.45, 7) is 7.14. The van der Waals surface area contributed by atoms with E-state index in [4.69, 9.17) is 9.47 Å². The number of carboxylic acids is 1. The summed E-state index contributed by atoms with van der Waals surface area (Å²) < 4.78 is 12.0. The lowest BCUT2D eigenvalue weighted by Crippen LogP contribution is -2.45. The molecule has 8 heteroatoms. The highest BCUT2D eigenvalue weighted by atomic mass is 16.5. The molecule has 228 valence electrons. The molecular formula is C34H47N3O5. The van der Waals surface area contributed by atoms with Gasteiger partial charge in [0.05, 0.1) is 12.5 Å². The minimum atomic E-state index is -0.657. The molecule has 8 nitrogen and oxygen atoms in total. The molecule has 2 aliphatic carbocycles. The Morgan fingerprint density at radius 2 is 1.74 bits per heavy atom. The largest absolute Gasteiger partial charge is 0.494 e. The van der Waals surface area contributed by atoms with E-state index in [1.54, 1.807) is 0 Å². The Kier molecular flexibility index (Phi) is 10.4. The van der Waals surface area contributed by atoms with Crippen molar-refractivity contribution in [3.05, 3.63) is 59.2 Å². The highest BCUT2D eigenvalue weighted by Gasteiger charge is 2.43. The van der Waals surface area contributed by atoms with Crippen molar-refractivity contribution in [2.75, 3.05) is 59.5 Å². The van der Waals surface area contributed by atoms with E-state index < -0.39 is 5.97 Å². The number of fused-ring (bicyclic) bond motifs is 2. The molecule has 1 spiro atoms. The van der Waals surface area contributed by atoms with Gasteiger partial charge in [0.25, 0.3) is 0 Å². The summed E-state index contributed by atoms with van der Waals surface area (Å²) in [6.07, 6.45) is 7.41. The van der Waals surface area contributed by atoms with Gasteiger partial charge in [-0.05, 0) is 105 Å². The van der Waals surface area contributed by atoms with Crippen LogP contribution in [0, 0.1) is 5.92 Å². The van der Waals surface area contributed by atoms with Gasteiger partial charge in [-0.3, -0.25) is 14.5 Å². The fraction of sp³-hybridized carbons (Fsp3) is 0.588. The van der Waals surface area contributed by atoms with Crippen molar-refractivity contribution in [3.63, 3.8) is 0 Å². The van der Waals surface area contributed by atoms with Crippen LogP contribution in [0.4, 0.5) is 0 Å². The molecule has 0 atom stereocenters. The maximum Gasteiger partial charge on any atom is 0.306 e. The van der Waals surface area contributed by atoms with E-state index in [0.717, 1.165) is 94.7 Å². The van der Waals surface area contributed by atoms with Crippen LogP contribution in [0.2, 0.25) is 0 Å². The summed E-state index contributed by atoms with van der Waals surface area (Å²) in [5, 5.41) is 12.4. The second-order valence-corrected chi connectivity index (χ2v) is 12.4. The third kappa shape index (κ3) is 8.04. The second kappa shape index (κ2) is 14.4. The van der Waals surface area contributed by atoms with Crippen LogP contribution in [0.25, 0.3) is 0 Å². The van der Waals surface area contributed by atoms with Gasteiger partial charge in [-0.25, -0.2) is 0 Å². The van der Waals surface area contributed by atoms with Crippen molar-refractivity contribution in [2.24, 2.45) is 5.92 Å². The third-order valence-electron chi connectivity index (χ3n) is 9.54. The Morgan fingerprint density at radius 1 is 0.976 bits per heavy atom. The Labute approximate surface area is 250 Å². The first-order valence-electron chi connectivity index (χ1n) is 15.8. The van der Waals surface area contributed by atoms with Crippen molar-refractivity contribution in [2.45, 2.75) is 63.2 Å². The monoisotopic (exact) mass is 577 g/mol. The molecule has 1 saturated heterocycles. The molecule has 1 heterocycles. The summed E-state index contributed by atoms with van der Waals surface area (Å²) in [4.78, 5) is 28.6. The lowest BCUT2D eigenvalue weighted by molar-refractivity contribution is -0.143. The van der Waals surface area contributed by atoms with E-state index in [2.05, 4.69) is 46.4 Å². The standard InChI is InChI=1S/C34H47N3O5/c1-36-17-19-37(20-18-36)21-23-42-29-5-2-4-26(24-29)12-16-35-32(38)6-3-22-41-30-8-7-27-9-13-34(31(27)25-30)14-10-28(11-15-34)33(39)40/h2,4-5,7-8,24-25,28H,3,6,9-23H2,1H3,(H,35,38)(H,39,40). The lowest BCUT2D eigenvalue weighted by Gasteiger charge is -2.37.